The Kier molecular flexibility index (Phi) is 3.51. The molecule has 3 heterocycles. The second-order valence-electron chi connectivity index (χ2n) is 4.41. The van der Waals surface area contributed by atoms with Crippen molar-refractivity contribution in [1.29, 1.82) is 0 Å². The standard InChI is InChI=1S/C12H14N4O3S/c17-20(18,10-2-1-4-13-8-10)16-6-7-19-9-12(16)11-3-5-14-15-11/h1-5,8,12H,6-7,9H2,(H,14,15)/t12-/m0/s1. The number of rotatable bonds is 3. The van der Waals surface area contributed by atoms with Crippen LogP contribution in [-0.2, 0) is 14.8 Å². The highest BCUT2D eigenvalue weighted by Crippen LogP contribution is 2.28. The van der Waals surface area contributed by atoms with Crippen LogP contribution in [0.15, 0.2) is 41.7 Å². The van der Waals surface area contributed by atoms with Crippen molar-refractivity contribution < 1.29 is 13.2 Å². The molecule has 0 spiro atoms. The minimum atomic E-state index is -3.59. The molecular formula is C12H14N4O3S. The van der Waals surface area contributed by atoms with Crippen LogP contribution >= 0.6 is 0 Å². The summed E-state index contributed by atoms with van der Waals surface area (Å²) in [6.07, 6.45) is 4.50. The molecule has 8 heteroatoms. The van der Waals surface area contributed by atoms with E-state index in [9.17, 15) is 8.42 Å². The molecule has 106 valence electrons. The maximum Gasteiger partial charge on any atom is 0.245 e. The van der Waals surface area contributed by atoms with E-state index < -0.39 is 16.1 Å². The Hall–Kier alpha value is -1.77. The number of pyridine rings is 1. The second-order valence-corrected chi connectivity index (χ2v) is 6.30. The summed E-state index contributed by atoms with van der Waals surface area (Å²) in [6.45, 7) is 0.993. The number of sulfonamides is 1. The van der Waals surface area contributed by atoms with Gasteiger partial charge in [0.15, 0.2) is 0 Å². The summed E-state index contributed by atoms with van der Waals surface area (Å²) in [6, 6.07) is 4.52. The van der Waals surface area contributed by atoms with Crippen molar-refractivity contribution in [3.8, 4) is 0 Å². The third kappa shape index (κ3) is 2.33. The van der Waals surface area contributed by atoms with Gasteiger partial charge in [0.25, 0.3) is 0 Å². The first-order valence-corrected chi connectivity index (χ1v) is 7.62. The fraction of sp³-hybridized carbons (Fsp3) is 0.333. The van der Waals surface area contributed by atoms with Crippen molar-refractivity contribution in [3.05, 3.63) is 42.5 Å². The van der Waals surface area contributed by atoms with Crippen molar-refractivity contribution in [2.75, 3.05) is 19.8 Å². The zero-order chi connectivity index (χ0) is 14.0. The number of aromatic nitrogens is 3. The van der Waals surface area contributed by atoms with Gasteiger partial charge >= 0.3 is 0 Å². The van der Waals surface area contributed by atoms with E-state index >= 15 is 0 Å². The Labute approximate surface area is 116 Å². The van der Waals surface area contributed by atoms with Gasteiger partial charge in [-0.05, 0) is 18.2 Å². The quantitative estimate of drug-likeness (QED) is 0.894. The zero-order valence-corrected chi connectivity index (χ0v) is 11.5. The maximum atomic E-state index is 12.7. The highest BCUT2D eigenvalue weighted by Gasteiger charge is 2.35. The molecule has 20 heavy (non-hydrogen) atoms. The van der Waals surface area contributed by atoms with Crippen LogP contribution in [0.1, 0.15) is 11.7 Å². The molecule has 2 aromatic rings. The lowest BCUT2D eigenvalue weighted by Crippen LogP contribution is -2.43. The highest BCUT2D eigenvalue weighted by molar-refractivity contribution is 7.89. The van der Waals surface area contributed by atoms with Gasteiger partial charge < -0.3 is 4.74 Å². The fourth-order valence-corrected chi connectivity index (χ4v) is 3.75. The van der Waals surface area contributed by atoms with E-state index in [4.69, 9.17) is 4.74 Å². The predicted molar refractivity (Wildman–Crippen MR) is 70.3 cm³/mol. The van der Waals surface area contributed by atoms with Crippen LogP contribution in [0.25, 0.3) is 0 Å². The molecule has 1 aliphatic rings. The largest absolute Gasteiger partial charge is 0.378 e. The molecule has 1 saturated heterocycles. The Morgan fingerprint density at radius 2 is 2.25 bits per heavy atom. The van der Waals surface area contributed by atoms with Crippen molar-refractivity contribution >= 4 is 10.0 Å². The maximum absolute atomic E-state index is 12.7. The summed E-state index contributed by atoms with van der Waals surface area (Å²) in [5.41, 5.74) is 0.720. The number of nitrogens with zero attached hydrogens (tertiary/aromatic N) is 3. The monoisotopic (exact) mass is 294 g/mol. The fourth-order valence-electron chi connectivity index (χ4n) is 2.21. The molecule has 1 aliphatic heterocycles. The van der Waals surface area contributed by atoms with Gasteiger partial charge in [-0.1, -0.05) is 0 Å². The Balaban J connectivity index is 1.98. The number of morpholine rings is 1. The minimum absolute atomic E-state index is 0.186. The molecule has 1 atom stereocenters. The summed E-state index contributed by atoms with van der Waals surface area (Å²) < 4.78 is 32.2. The summed E-state index contributed by atoms with van der Waals surface area (Å²) in [5, 5.41) is 6.68. The number of hydrogen-bond acceptors (Lipinski definition) is 5. The normalized spacial score (nSPS) is 20.9. The molecular weight excluding hydrogens is 280 g/mol. The molecule has 0 unspecified atom stereocenters. The van der Waals surface area contributed by atoms with Crippen molar-refractivity contribution in [2.45, 2.75) is 10.9 Å². The number of nitrogens with one attached hydrogen (secondary N) is 1. The van der Waals surface area contributed by atoms with Gasteiger partial charge in [-0.15, -0.1) is 0 Å². The van der Waals surface area contributed by atoms with Gasteiger partial charge in [0.2, 0.25) is 10.0 Å². The molecule has 3 rings (SSSR count). The summed E-state index contributed by atoms with van der Waals surface area (Å²) in [5.74, 6) is 0. The summed E-state index contributed by atoms with van der Waals surface area (Å²) in [4.78, 5) is 4.06. The molecule has 0 radical (unpaired) electrons. The Morgan fingerprint density at radius 3 is 2.95 bits per heavy atom. The van der Waals surface area contributed by atoms with Gasteiger partial charge in [-0.2, -0.15) is 9.40 Å². The lowest BCUT2D eigenvalue weighted by Gasteiger charge is -2.33. The van der Waals surface area contributed by atoms with Crippen molar-refractivity contribution in [3.63, 3.8) is 0 Å². The lowest BCUT2D eigenvalue weighted by atomic mass is 10.2. The van der Waals surface area contributed by atoms with E-state index in [1.165, 1.54) is 10.5 Å². The smallest absolute Gasteiger partial charge is 0.245 e. The third-order valence-electron chi connectivity index (χ3n) is 3.20. The first-order chi connectivity index (χ1) is 9.69. The highest BCUT2D eigenvalue weighted by atomic mass is 32.2. The van der Waals surface area contributed by atoms with Gasteiger partial charge in [0.05, 0.1) is 24.9 Å². The van der Waals surface area contributed by atoms with E-state index in [1.807, 2.05) is 0 Å². The second kappa shape index (κ2) is 5.31. The van der Waals surface area contributed by atoms with Crippen LogP contribution in [0.5, 0.6) is 0 Å². The van der Waals surface area contributed by atoms with Crippen LogP contribution < -0.4 is 0 Å². The Bertz CT molecular complexity index is 657. The molecule has 0 aliphatic carbocycles. The van der Waals surface area contributed by atoms with E-state index in [2.05, 4.69) is 15.2 Å². The molecule has 0 saturated carbocycles. The Morgan fingerprint density at radius 1 is 1.35 bits per heavy atom. The number of aromatic amines is 1. The molecule has 0 amide bonds. The van der Waals surface area contributed by atoms with E-state index in [1.54, 1.807) is 30.6 Å². The van der Waals surface area contributed by atoms with Crippen molar-refractivity contribution in [1.82, 2.24) is 19.5 Å². The van der Waals surface area contributed by atoms with Crippen LogP contribution in [0, 0.1) is 0 Å². The predicted octanol–water partition coefficient (Wildman–Crippen LogP) is 0.567. The molecule has 1 fully saturated rings. The van der Waals surface area contributed by atoms with E-state index in [0.717, 1.165) is 5.69 Å². The van der Waals surface area contributed by atoms with E-state index in [-0.39, 0.29) is 4.90 Å². The van der Waals surface area contributed by atoms with Crippen LogP contribution in [-0.4, -0.2) is 47.7 Å². The topological polar surface area (TPSA) is 88.2 Å². The summed E-state index contributed by atoms with van der Waals surface area (Å²) >= 11 is 0. The van der Waals surface area contributed by atoms with Crippen molar-refractivity contribution in [2.24, 2.45) is 0 Å². The molecule has 7 nitrogen and oxygen atoms in total. The first-order valence-electron chi connectivity index (χ1n) is 6.18. The van der Waals surface area contributed by atoms with Gasteiger partial charge in [0, 0.05) is 25.1 Å². The van der Waals surface area contributed by atoms with Gasteiger partial charge in [-0.3, -0.25) is 10.1 Å². The molecule has 0 bridgehead atoms. The van der Waals surface area contributed by atoms with Crippen LogP contribution in [0.3, 0.4) is 0 Å². The molecule has 1 N–H and O–H groups in total. The average Bonchev–Trinajstić information content (AvgIpc) is 3.02. The lowest BCUT2D eigenvalue weighted by molar-refractivity contribution is 0.0305. The zero-order valence-electron chi connectivity index (χ0n) is 10.6. The third-order valence-corrected chi connectivity index (χ3v) is 5.09. The van der Waals surface area contributed by atoms with Gasteiger partial charge in [0.1, 0.15) is 4.90 Å². The number of H-pyrrole nitrogens is 1. The number of hydrogen-bond donors (Lipinski definition) is 1. The average molecular weight is 294 g/mol. The van der Waals surface area contributed by atoms with Crippen LogP contribution in [0.2, 0.25) is 0 Å². The first kappa shape index (κ1) is 13.2. The minimum Gasteiger partial charge on any atom is -0.378 e. The van der Waals surface area contributed by atoms with Gasteiger partial charge in [-0.25, -0.2) is 8.42 Å². The molecule has 0 aromatic carbocycles. The van der Waals surface area contributed by atoms with Crippen LogP contribution in [0.4, 0.5) is 0 Å². The SMILES string of the molecule is O=S(=O)(c1cccnc1)N1CCOC[C@H]1c1ccn[nH]1. The van der Waals surface area contributed by atoms with E-state index in [0.29, 0.717) is 19.8 Å². The molecule has 2 aromatic heterocycles. The number of ether oxygens (including phenoxy) is 1. The summed E-state index contributed by atoms with van der Waals surface area (Å²) in [7, 11) is -3.59.